The van der Waals surface area contributed by atoms with Crippen LogP contribution in [-0.2, 0) is 4.79 Å². The average molecular weight is 498 g/mol. The Morgan fingerprint density at radius 3 is 2.54 bits per heavy atom. The van der Waals surface area contributed by atoms with Crippen molar-refractivity contribution in [3.63, 3.8) is 0 Å². The van der Waals surface area contributed by atoms with E-state index >= 15 is 0 Å². The van der Waals surface area contributed by atoms with Crippen LogP contribution in [0.3, 0.4) is 0 Å². The monoisotopic (exact) mass is 497 g/mol. The van der Waals surface area contributed by atoms with Crippen molar-refractivity contribution in [1.82, 2.24) is 5.16 Å². The van der Waals surface area contributed by atoms with Gasteiger partial charge >= 0.3 is 0 Å². The summed E-state index contributed by atoms with van der Waals surface area (Å²) in [6.45, 7) is 4.29. The third-order valence-electron chi connectivity index (χ3n) is 4.53. The van der Waals surface area contributed by atoms with Crippen LogP contribution in [0.5, 0.6) is 23.0 Å². The summed E-state index contributed by atoms with van der Waals surface area (Å²) in [6.07, 6.45) is 1.39. The number of hydrogen-bond acceptors (Lipinski definition) is 8. The maximum atomic E-state index is 12.5. The smallest absolute Gasteiger partial charge is 0.267 e. The van der Waals surface area contributed by atoms with Gasteiger partial charge in [0, 0.05) is 6.07 Å². The Bertz CT molecular complexity index is 1250. The maximum Gasteiger partial charge on any atom is 0.267 e. The van der Waals surface area contributed by atoms with Crippen molar-refractivity contribution in [3.8, 4) is 29.1 Å². The second kappa shape index (κ2) is 12.3. The van der Waals surface area contributed by atoms with Crippen molar-refractivity contribution in [2.75, 3.05) is 32.2 Å². The van der Waals surface area contributed by atoms with E-state index < -0.39 is 5.91 Å². The largest absolute Gasteiger partial charge is 0.493 e. The Hall–Kier alpha value is -4.16. The molecule has 9 nitrogen and oxygen atoms in total. The van der Waals surface area contributed by atoms with Crippen LogP contribution < -0.4 is 24.3 Å². The Morgan fingerprint density at radius 1 is 1.14 bits per heavy atom. The van der Waals surface area contributed by atoms with Crippen LogP contribution in [-0.4, -0.2) is 38.0 Å². The highest BCUT2D eigenvalue weighted by molar-refractivity contribution is 6.32. The van der Waals surface area contributed by atoms with Gasteiger partial charge in [-0.3, -0.25) is 4.79 Å². The number of aromatic nitrogens is 1. The van der Waals surface area contributed by atoms with Crippen molar-refractivity contribution in [3.05, 3.63) is 64.4 Å². The van der Waals surface area contributed by atoms with E-state index in [1.54, 1.807) is 44.4 Å². The fourth-order valence-electron chi connectivity index (χ4n) is 3.03. The van der Waals surface area contributed by atoms with Crippen molar-refractivity contribution in [2.45, 2.75) is 13.8 Å². The van der Waals surface area contributed by atoms with Gasteiger partial charge in [0.05, 0.1) is 18.7 Å². The first-order chi connectivity index (χ1) is 16.9. The molecule has 0 saturated carbocycles. The first-order valence-electron chi connectivity index (χ1n) is 10.7. The molecule has 0 atom stereocenters. The predicted molar refractivity (Wildman–Crippen MR) is 130 cm³/mol. The standard InChI is InChI=1S/C25H24ClN3O6/c1-4-32-22-14-17(12-18(15-27)25(30)28-23-11-16(2)35-29-23)13-19(26)24(22)34-10-9-33-21-8-6-5-7-20(21)31-3/h5-8,11-14H,4,9-10H2,1-3H3,(H,28,29,30). The number of aryl methyl sites for hydroxylation is 1. The van der Waals surface area contributed by atoms with E-state index in [-0.39, 0.29) is 29.6 Å². The van der Waals surface area contributed by atoms with Gasteiger partial charge in [-0.25, -0.2) is 0 Å². The lowest BCUT2D eigenvalue weighted by Gasteiger charge is -2.15. The van der Waals surface area contributed by atoms with Crippen LogP contribution in [0.2, 0.25) is 5.02 Å². The summed E-state index contributed by atoms with van der Waals surface area (Å²) < 4.78 is 27.4. The third-order valence-corrected chi connectivity index (χ3v) is 4.81. The summed E-state index contributed by atoms with van der Waals surface area (Å²) in [5.41, 5.74) is 0.335. The van der Waals surface area contributed by atoms with Gasteiger partial charge in [-0.2, -0.15) is 5.26 Å². The van der Waals surface area contributed by atoms with Crippen LogP contribution in [0.25, 0.3) is 6.08 Å². The van der Waals surface area contributed by atoms with Gasteiger partial charge in [0.25, 0.3) is 5.91 Å². The van der Waals surface area contributed by atoms with Gasteiger partial charge in [0.1, 0.15) is 30.6 Å². The number of nitrogens with zero attached hydrogens (tertiary/aromatic N) is 2. The first kappa shape index (κ1) is 25.5. The highest BCUT2D eigenvalue weighted by Crippen LogP contribution is 2.37. The molecule has 0 fully saturated rings. The zero-order valence-electron chi connectivity index (χ0n) is 19.5. The molecule has 1 amide bonds. The molecular formula is C25H24ClN3O6. The van der Waals surface area contributed by atoms with Gasteiger partial charge in [-0.1, -0.05) is 28.9 Å². The summed E-state index contributed by atoms with van der Waals surface area (Å²) in [7, 11) is 1.57. The molecule has 3 aromatic rings. The number of nitrogens with one attached hydrogen (secondary N) is 1. The molecule has 1 aromatic heterocycles. The minimum Gasteiger partial charge on any atom is -0.493 e. The van der Waals surface area contributed by atoms with Crippen LogP contribution in [0.15, 0.2) is 52.6 Å². The van der Waals surface area contributed by atoms with Crippen molar-refractivity contribution in [2.24, 2.45) is 0 Å². The zero-order chi connectivity index (χ0) is 25.2. The molecule has 0 unspecified atom stereocenters. The van der Waals surface area contributed by atoms with Crippen molar-refractivity contribution < 1.29 is 28.3 Å². The summed E-state index contributed by atoms with van der Waals surface area (Å²) in [5.74, 6) is 2.01. The fourth-order valence-corrected chi connectivity index (χ4v) is 3.31. The lowest BCUT2D eigenvalue weighted by atomic mass is 10.1. The lowest BCUT2D eigenvalue weighted by molar-refractivity contribution is -0.112. The number of carbonyl (C=O) groups excluding carboxylic acids is 1. The number of halogens is 1. The Kier molecular flexibility index (Phi) is 8.98. The van der Waals surface area contributed by atoms with Gasteiger partial charge in [0.2, 0.25) is 0 Å². The molecule has 1 N–H and O–H groups in total. The Balaban J connectivity index is 1.72. The van der Waals surface area contributed by atoms with E-state index in [0.717, 1.165) is 0 Å². The van der Waals surface area contributed by atoms with E-state index in [9.17, 15) is 10.1 Å². The summed E-state index contributed by atoms with van der Waals surface area (Å²) >= 11 is 6.45. The highest BCUT2D eigenvalue weighted by atomic mass is 35.5. The van der Waals surface area contributed by atoms with E-state index in [1.807, 2.05) is 25.1 Å². The van der Waals surface area contributed by atoms with Crippen LogP contribution >= 0.6 is 11.6 Å². The number of hydrogen-bond donors (Lipinski definition) is 1. The lowest BCUT2D eigenvalue weighted by Crippen LogP contribution is -2.13. The molecule has 0 spiro atoms. The number of benzene rings is 2. The van der Waals surface area contributed by atoms with E-state index in [0.29, 0.717) is 40.9 Å². The third kappa shape index (κ3) is 6.91. The number of rotatable bonds is 11. The molecule has 0 radical (unpaired) electrons. The van der Waals surface area contributed by atoms with Crippen LogP contribution in [0.1, 0.15) is 18.2 Å². The Morgan fingerprint density at radius 2 is 1.89 bits per heavy atom. The van der Waals surface area contributed by atoms with E-state index in [4.69, 9.17) is 35.1 Å². The molecule has 10 heteroatoms. The number of carbonyl (C=O) groups is 1. The SMILES string of the molecule is CCOc1cc(C=C(C#N)C(=O)Nc2cc(C)on2)cc(Cl)c1OCCOc1ccccc1OC. The van der Waals surface area contributed by atoms with Gasteiger partial charge < -0.3 is 28.8 Å². The van der Waals surface area contributed by atoms with E-state index in [1.165, 1.54) is 6.08 Å². The molecule has 35 heavy (non-hydrogen) atoms. The minimum atomic E-state index is -0.635. The topological polar surface area (TPSA) is 116 Å². The number of amides is 1. The van der Waals surface area contributed by atoms with Crippen LogP contribution in [0.4, 0.5) is 5.82 Å². The zero-order valence-corrected chi connectivity index (χ0v) is 20.2. The molecule has 0 bridgehead atoms. The predicted octanol–water partition coefficient (Wildman–Crippen LogP) is 5.05. The summed E-state index contributed by atoms with van der Waals surface area (Å²) in [5, 5.41) is 15.9. The Labute approximate surface area is 207 Å². The molecule has 0 aliphatic carbocycles. The normalized spacial score (nSPS) is 10.9. The number of ether oxygens (including phenoxy) is 4. The fraction of sp³-hybridized carbons (Fsp3) is 0.240. The molecule has 0 aliphatic rings. The molecule has 182 valence electrons. The quantitative estimate of drug-likeness (QED) is 0.222. The highest BCUT2D eigenvalue weighted by Gasteiger charge is 2.16. The second-order valence-electron chi connectivity index (χ2n) is 7.06. The number of anilines is 1. The summed E-state index contributed by atoms with van der Waals surface area (Å²) in [4.78, 5) is 12.5. The van der Waals surface area contributed by atoms with Gasteiger partial charge in [-0.15, -0.1) is 0 Å². The average Bonchev–Trinajstić information content (AvgIpc) is 3.26. The number of methoxy groups -OCH3 is 1. The molecule has 2 aromatic carbocycles. The number of nitriles is 1. The van der Waals surface area contributed by atoms with Crippen LogP contribution in [0, 0.1) is 18.3 Å². The second-order valence-corrected chi connectivity index (χ2v) is 7.46. The molecule has 3 rings (SSSR count). The first-order valence-corrected chi connectivity index (χ1v) is 11.0. The van der Waals surface area contributed by atoms with E-state index in [2.05, 4.69) is 10.5 Å². The van der Waals surface area contributed by atoms with Gasteiger partial charge in [0.15, 0.2) is 28.8 Å². The van der Waals surface area contributed by atoms with Crippen molar-refractivity contribution in [1.29, 1.82) is 5.26 Å². The number of para-hydroxylation sites is 2. The van der Waals surface area contributed by atoms with Crippen molar-refractivity contribution >= 4 is 29.4 Å². The summed E-state index contributed by atoms with van der Waals surface area (Å²) in [6, 6.07) is 13.9. The minimum absolute atomic E-state index is 0.150. The molecule has 0 saturated heterocycles. The molecular weight excluding hydrogens is 474 g/mol. The van der Waals surface area contributed by atoms with Gasteiger partial charge in [-0.05, 0) is 49.8 Å². The maximum absolute atomic E-state index is 12.5. The molecule has 1 heterocycles. The molecule has 0 aliphatic heterocycles.